The fourth-order valence-corrected chi connectivity index (χ4v) is 7.80. The number of nitrogens with zero attached hydrogens (tertiary/aromatic N) is 1. The summed E-state index contributed by atoms with van der Waals surface area (Å²) < 4.78 is 17.0. The molecule has 0 spiro atoms. The minimum atomic E-state index is -0.417. The molecule has 3 aromatic rings. The molecule has 0 aliphatic heterocycles. The normalized spacial score (nSPS) is 23.4. The molecule has 0 aromatic heterocycles. The summed E-state index contributed by atoms with van der Waals surface area (Å²) in [5, 5.41) is 7.47. The number of benzene rings is 3. The van der Waals surface area contributed by atoms with E-state index < -0.39 is 5.91 Å². The molecule has 4 saturated carbocycles. The van der Waals surface area contributed by atoms with E-state index in [1.165, 1.54) is 50.3 Å². The molecule has 2 N–H and O–H groups in total. The molecule has 230 valence electrons. The Kier molecular flexibility index (Phi) is 9.07. The van der Waals surface area contributed by atoms with Gasteiger partial charge in [-0.3, -0.25) is 9.59 Å². The van der Waals surface area contributed by atoms with Crippen LogP contribution in [0.2, 0.25) is 5.02 Å². The molecule has 8 nitrogen and oxygen atoms in total. The lowest BCUT2D eigenvalue weighted by Gasteiger charge is -2.57. The van der Waals surface area contributed by atoms with Crippen molar-refractivity contribution in [1.29, 1.82) is 0 Å². The monoisotopic (exact) mass is 615 g/mol. The third-order valence-corrected chi connectivity index (χ3v) is 9.25. The molecule has 4 aliphatic carbocycles. The number of halogens is 1. The summed E-state index contributed by atoms with van der Waals surface area (Å²) in [5.41, 5.74) is 5.65. The van der Waals surface area contributed by atoms with Crippen LogP contribution in [0, 0.1) is 17.8 Å². The topological polar surface area (TPSA) is 98.2 Å². The van der Waals surface area contributed by atoms with Gasteiger partial charge < -0.3 is 19.5 Å². The van der Waals surface area contributed by atoms with Gasteiger partial charge in [0, 0.05) is 10.7 Å². The summed E-state index contributed by atoms with van der Waals surface area (Å²) in [4.78, 5) is 24.8. The first-order valence-electron chi connectivity index (χ1n) is 15.4. The molecule has 9 heteroatoms. The Morgan fingerprint density at radius 1 is 0.864 bits per heavy atom. The molecule has 0 unspecified atom stereocenters. The molecular formula is C35H38ClN3O5. The highest BCUT2D eigenvalue weighted by Gasteiger charge is 2.51. The van der Waals surface area contributed by atoms with E-state index in [1.54, 1.807) is 42.5 Å². The van der Waals surface area contributed by atoms with Gasteiger partial charge in [0.05, 0.1) is 12.8 Å². The Morgan fingerprint density at radius 3 is 2.25 bits per heavy atom. The molecule has 0 atom stereocenters. The Morgan fingerprint density at radius 2 is 1.57 bits per heavy atom. The number of ether oxygens (including phenoxy) is 3. The van der Waals surface area contributed by atoms with Crippen LogP contribution in [0.1, 0.15) is 56.6 Å². The van der Waals surface area contributed by atoms with E-state index >= 15 is 0 Å². The summed E-state index contributed by atoms with van der Waals surface area (Å²) in [6.07, 6.45) is 9.72. The van der Waals surface area contributed by atoms with E-state index in [-0.39, 0.29) is 19.1 Å². The zero-order valence-electron chi connectivity index (χ0n) is 24.9. The first-order valence-corrected chi connectivity index (χ1v) is 15.8. The van der Waals surface area contributed by atoms with Gasteiger partial charge in [0.2, 0.25) is 0 Å². The van der Waals surface area contributed by atoms with Crippen molar-refractivity contribution in [2.75, 3.05) is 25.1 Å². The van der Waals surface area contributed by atoms with Crippen LogP contribution in [0.5, 0.6) is 17.2 Å². The van der Waals surface area contributed by atoms with Crippen molar-refractivity contribution in [2.24, 2.45) is 22.9 Å². The maximum absolute atomic E-state index is 12.7. The zero-order valence-corrected chi connectivity index (χ0v) is 25.6. The van der Waals surface area contributed by atoms with E-state index in [1.807, 2.05) is 19.1 Å². The predicted octanol–water partition coefficient (Wildman–Crippen LogP) is 6.75. The van der Waals surface area contributed by atoms with Crippen LogP contribution < -0.4 is 25.0 Å². The van der Waals surface area contributed by atoms with Crippen LogP contribution in [0.4, 0.5) is 5.69 Å². The van der Waals surface area contributed by atoms with Crippen LogP contribution >= 0.6 is 11.6 Å². The van der Waals surface area contributed by atoms with Gasteiger partial charge in [0.15, 0.2) is 24.7 Å². The van der Waals surface area contributed by atoms with Crippen LogP contribution in [0.25, 0.3) is 0 Å². The maximum Gasteiger partial charge on any atom is 0.277 e. The van der Waals surface area contributed by atoms with E-state index in [0.29, 0.717) is 39.9 Å². The zero-order chi connectivity index (χ0) is 30.5. The quantitative estimate of drug-likeness (QED) is 0.173. The van der Waals surface area contributed by atoms with Gasteiger partial charge >= 0.3 is 0 Å². The summed E-state index contributed by atoms with van der Waals surface area (Å²) in [6.45, 7) is 1.91. The first kappa shape index (κ1) is 30.0. The number of carbonyl (C=O) groups excluding carboxylic acids is 2. The smallest absolute Gasteiger partial charge is 0.277 e. The highest BCUT2D eigenvalue weighted by atomic mass is 35.5. The number of anilines is 1. The fraction of sp³-hybridized carbons (Fsp3) is 0.400. The average molecular weight is 616 g/mol. The largest absolute Gasteiger partial charge is 0.490 e. The Labute approximate surface area is 263 Å². The summed E-state index contributed by atoms with van der Waals surface area (Å²) in [6, 6.07) is 20.5. The van der Waals surface area contributed by atoms with Crippen LogP contribution in [0.15, 0.2) is 71.8 Å². The van der Waals surface area contributed by atoms with Crippen LogP contribution in [-0.2, 0) is 15.0 Å². The summed E-state index contributed by atoms with van der Waals surface area (Å²) in [5.74, 6) is 3.43. The molecule has 0 radical (unpaired) electrons. The van der Waals surface area contributed by atoms with Crippen molar-refractivity contribution in [3.8, 4) is 17.2 Å². The third-order valence-electron chi connectivity index (χ3n) is 9.01. The van der Waals surface area contributed by atoms with Crippen molar-refractivity contribution < 1.29 is 23.8 Å². The van der Waals surface area contributed by atoms with Gasteiger partial charge in [-0.15, -0.1) is 0 Å². The minimum absolute atomic E-state index is 0.160. The number of rotatable bonds is 12. The van der Waals surface area contributed by atoms with E-state index in [9.17, 15) is 9.59 Å². The molecule has 44 heavy (non-hydrogen) atoms. The Bertz CT molecular complexity index is 1490. The third kappa shape index (κ3) is 7.18. The first-order chi connectivity index (χ1) is 21.4. The number of hydrogen-bond donors (Lipinski definition) is 2. The molecule has 4 bridgehead atoms. The van der Waals surface area contributed by atoms with Gasteiger partial charge in [-0.1, -0.05) is 29.8 Å². The van der Waals surface area contributed by atoms with Crippen molar-refractivity contribution in [3.05, 3.63) is 82.9 Å². The number of hydrogen-bond acceptors (Lipinski definition) is 6. The SMILES string of the molecule is CCOc1cc(/C=N/NC(=O)COc2cccc(Cl)c2)ccc1OCC(=O)Nc1ccc(C23CC4CC(CC(C4)C2)C3)cc1. The molecule has 3 aromatic carbocycles. The molecule has 0 heterocycles. The summed E-state index contributed by atoms with van der Waals surface area (Å²) >= 11 is 5.93. The van der Waals surface area contributed by atoms with E-state index in [2.05, 4.69) is 28.0 Å². The van der Waals surface area contributed by atoms with Crippen molar-refractivity contribution in [2.45, 2.75) is 50.9 Å². The second-order valence-electron chi connectivity index (χ2n) is 12.3. The van der Waals surface area contributed by atoms with Crippen LogP contribution in [0.3, 0.4) is 0 Å². The van der Waals surface area contributed by atoms with Gasteiger partial charge in [-0.2, -0.15) is 5.10 Å². The lowest BCUT2D eigenvalue weighted by Crippen LogP contribution is -2.48. The second kappa shape index (κ2) is 13.3. The number of amides is 2. The Balaban J connectivity index is 0.990. The number of nitrogens with one attached hydrogen (secondary N) is 2. The number of carbonyl (C=O) groups is 2. The second-order valence-corrected chi connectivity index (χ2v) is 12.7. The van der Waals surface area contributed by atoms with Gasteiger partial charge in [-0.25, -0.2) is 5.43 Å². The lowest BCUT2D eigenvalue weighted by molar-refractivity contribution is -0.123. The molecule has 7 rings (SSSR count). The lowest BCUT2D eigenvalue weighted by atomic mass is 9.48. The Hall–Kier alpha value is -4.04. The molecule has 4 fully saturated rings. The molecule has 2 amide bonds. The van der Waals surface area contributed by atoms with E-state index in [4.69, 9.17) is 25.8 Å². The van der Waals surface area contributed by atoms with Gasteiger partial charge in [-0.05, 0) is 128 Å². The van der Waals surface area contributed by atoms with Gasteiger partial charge in [0.25, 0.3) is 11.8 Å². The van der Waals surface area contributed by atoms with Crippen molar-refractivity contribution >= 4 is 35.3 Å². The summed E-state index contributed by atoms with van der Waals surface area (Å²) in [7, 11) is 0. The average Bonchev–Trinajstić information content (AvgIpc) is 2.99. The van der Waals surface area contributed by atoms with Crippen molar-refractivity contribution in [1.82, 2.24) is 5.43 Å². The molecule has 4 aliphatic rings. The van der Waals surface area contributed by atoms with Crippen molar-refractivity contribution in [3.63, 3.8) is 0 Å². The standard InChI is InChI=1S/C35H38ClN3O5/c1-2-42-32-15-23(20-37-39-34(41)22-43-30-5-3-4-28(36)16-30)6-11-31(32)44-21-33(40)38-29-9-7-27(8-10-29)35-17-24-12-25(18-35)14-26(13-24)19-35/h3-11,15-16,20,24-26H,2,12-14,17-19,21-22H2,1H3,(H,38,40)(H,39,41)/b37-20+. The highest BCUT2D eigenvalue weighted by molar-refractivity contribution is 6.30. The molecule has 0 saturated heterocycles. The van der Waals surface area contributed by atoms with Gasteiger partial charge in [0.1, 0.15) is 5.75 Å². The molecular weight excluding hydrogens is 578 g/mol. The maximum atomic E-state index is 12.7. The minimum Gasteiger partial charge on any atom is -0.490 e. The highest BCUT2D eigenvalue weighted by Crippen LogP contribution is 2.60. The van der Waals surface area contributed by atoms with Crippen LogP contribution in [-0.4, -0.2) is 37.8 Å². The predicted molar refractivity (Wildman–Crippen MR) is 171 cm³/mol. The fourth-order valence-electron chi connectivity index (χ4n) is 7.62. The van der Waals surface area contributed by atoms with E-state index in [0.717, 1.165) is 23.4 Å². The number of hydrazone groups is 1.